The predicted octanol–water partition coefficient (Wildman–Crippen LogP) is 1.76. The van der Waals surface area contributed by atoms with Crippen LogP contribution in [0.25, 0.3) is 0 Å². The Kier molecular flexibility index (Phi) is 11.5. The van der Waals surface area contributed by atoms with Crippen LogP contribution in [0.3, 0.4) is 0 Å². The van der Waals surface area contributed by atoms with Crippen molar-refractivity contribution in [3.8, 4) is 0 Å². The van der Waals surface area contributed by atoms with E-state index in [-0.39, 0.29) is 0 Å². The summed E-state index contributed by atoms with van der Waals surface area (Å²) in [6, 6.07) is 0. The highest BCUT2D eigenvalue weighted by atomic mass is 32.2. The minimum Gasteiger partial charge on any atom is -0.382 e. The quantitative estimate of drug-likeness (QED) is 0.561. The molecule has 0 rings (SSSR count). The van der Waals surface area contributed by atoms with Crippen molar-refractivity contribution in [2.45, 2.75) is 20.3 Å². The molecule has 0 aliphatic carbocycles. The SMILES string of the molecule is CCOCCCNCCSCC. The maximum atomic E-state index is 5.22. The molecule has 0 heterocycles. The molecule has 0 unspecified atom stereocenters. The van der Waals surface area contributed by atoms with Gasteiger partial charge in [0.2, 0.25) is 0 Å². The molecule has 12 heavy (non-hydrogen) atoms. The Hall–Kier alpha value is 0.270. The molecule has 0 saturated heterocycles. The first-order chi connectivity index (χ1) is 5.91. The average Bonchev–Trinajstić information content (AvgIpc) is 2.10. The van der Waals surface area contributed by atoms with E-state index < -0.39 is 0 Å². The zero-order valence-corrected chi connectivity index (χ0v) is 9.08. The molecule has 0 atom stereocenters. The Balaban J connectivity index is 2.73. The van der Waals surface area contributed by atoms with Gasteiger partial charge in [-0.3, -0.25) is 0 Å². The van der Waals surface area contributed by atoms with E-state index in [0.29, 0.717) is 0 Å². The fourth-order valence-corrected chi connectivity index (χ4v) is 1.43. The van der Waals surface area contributed by atoms with Gasteiger partial charge in [0.05, 0.1) is 0 Å². The second-order valence-corrected chi connectivity index (χ2v) is 3.89. The van der Waals surface area contributed by atoms with Crippen LogP contribution in [-0.4, -0.2) is 37.8 Å². The third-order valence-electron chi connectivity index (χ3n) is 1.47. The molecular weight excluding hydrogens is 170 g/mol. The molecule has 1 N–H and O–H groups in total. The summed E-state index contributed by atoms with van der Waals surface area (Å²) < 4.78 is 5.22. The highest BCUT2D eigenvalue weighted by molar-refractivity contribution is 7.99. The van der Waals surface area contributed by atoms with Crippen molar-refractivity contribution in [3.63, 3.8) is 0 Å². The van der Waals surface area contributed by atoms with Gasteiger partial charge in [0.15, 0.2) is 0 Å². The van der Waals surface area contributed by atoms with Gasteiger partial charge in [0.1, 0.15) is 0 Å². The molecule has 0 aliphatic rings. The summed E-state index contributed by atoms with van der Waals surface area (Å²) in [7, 11) is 0. The summed E-state index contributed by atoms with van der Waals surface area (Å²) in [6.07, 6.45) is 1.13. The molecule has 0 aliphatic heterocycles. The van der Waals surface area contributed by atoms with Crippen LogP contribution in [0.4, 0.5) is 0 Å². The van der Waals surface area contributed by atoms with Gasteiger partial charge in [-0.2, -0.15) is 11.8 Å². The van der Waals surface area contributed by atoms with Crippen LogP contribution in [-0.2, 0) is 4.74 Å². The minimum atomic E-state index is 0.839. The first kappa shape index (κ1) is 12.3. The molecule has 0 spiro atoms. The van der Waals surface area contributed by atoms with E-state index in [4.69, 9.17) is 4.74 Å². The van der Waals surface area contributed by atoms with Crippen LogP contribution in [0.2, 0.25) is 0 Å². The number of nitrogens with one attached hydrogen (secondary N) is 1. The first-order valence-corrected chi connectivity index (χ1v) is 5.93. The molecule has 74 valence electrons. The number of rotatable bonds is 9. The zero-order valence-electron chi connectivity index (χ0n) is 8.27. The van der Waals surface area contributed by atoms with Crippen LogP contribution in [0.15, 0.2) is 0 Å². The van der Waals surface area contributed by atoms with Crippen LogP contribution in [0, 0.1) is 0 Å². The average molecular weight is 191 g/mol. The van der Waals surface area contributed by atoms with Crippen molar-refractivity contribution in [1.29, 1.82) is 0 Å². The van der Waals surface area contributed by atoms with Crippen LogP contribution in [0.1, 0.15) is 20.3 Å². The fraction of sp³-hybridized carbons (Fsp3) is 1.00. The molecule has 3 heteroatoms. The highest BCUT2D eigenvalue weighted by Crippen LogP contribution is 1.94. The zero-order chi connectivity index (χ0) is 9.07. The Labute approximate surface area is 80.4 Å². The number of ether oxygens (including phenoxy) is 1. The lowest BCUT2D eigenvalue weighted by Crippen LogP contribution is -2.19. The molecule has 0 aromatic rings. The van der Waals surface area contributed by atoms with Gasteiger partial charge in [0, 0.05) is 25.5 Å². The Morgan fingerprint density at radius 3 is 2.75 bits per heavy atom. The van der Waals surface area contributed by atoms with E-state index >= 15 is 0 Å². The molecule has 2 nitrogen and oxygen atoms in total. The Morgan fingerprint density at radius 1 is 1.25 bits per heavy atom. The maximum Gasteiger partial charge on any atom is 0.0477 e. The van der Waals surface area contributed by atoms with E-state index in [9.17, 15) is 0 Å². The maximum absolute atomic E-state index is 5.22. The van der Waals surface area contributed by atoms with Crippen LogP contribution >= 0.6 is 11.8 Å². The number of hydrogen-bond acceptors (Lipinski definition) is 3. The van der Waals surface area contributed by atoms with E-state index in [2.05, 4.69) is 12.2 Å². The predicted molar refractivity (Wildman–Crippen MR) is 57.0 cm³/mol. The molecule has 0 amide bonds. The highest BCUT2D eigenvalue weighted by Gasteiger charge is 1.88. The van der Waals surface area contributed by atoms with E-state index in [1.807, 2.05) is 18.7 Å². The van der Waals surface area contributed by atoms with Crippen molar-refractivity contribution < 1.29 is 4.74 Å². The second-order valence-electron chi connectivity index (χ2n) is 2.50. The monoisotopic (exact) mass is 191 g/mol. The summed E-state index contributed by atoms with van der Waals surface area (Å²) in [5.41, 5.74) is 0. The first-order valence-electron chi connectivity index (χ1n) is 4.78. The molecule has 0 bridgehead atoms. The van der Waals surface area contributed by atoms with E-state index in [1.54, 1.807) is 0 Å². The van der Waals surface area contributed by atoms with Gasteiger partial charge in [-0.1, -0.05) is 6.92 Å². The standard InChI is InChI=1S/C9H21NOS/c1-3-11-8-5-6-10-7-9-12-4-2/h10H,3-9H2,1-2H3. The smallest absolute Gasteiger partial charge is 0.0477 e. The normalized spacial score (nSPS) is 10.5. The lowest BCUT2D eigenvalue weighted by molar-refractivity contribution is 0.145. The van der Waals surface area contributed by atoms with Gasteiger partial charge < -0.3 is 10.1 Å². The summed E-state index contributed by atoms with van der Waals surface area (Å²) in [5, 5.41) is 3.38. The van der Waals surface area contributed by atoms with Crippen molar-refractivity contribution in [2.24, 2.45) is 0 Å². The summed E-state index contributed by atoms with van der Waals surface area (Å²) >= 11 is 1.98. The van der Waals surface area contributed by atoms with Gasteiger partial charge in [-0.05, 0) is 25.6 Å². The van der Waals surface area contributed by atoms with Gasteiger partial charge in [0.25, 0.3) is 0 Å². The largest absolute Gasteiger partial charge is 0.382 e. The van der Waals surface area contributed by atoms with Crippen molar-refractivity contribution in [1.82, 2.24) is 5.32 Å². The third kappa shape index (κ3) is 10.3. The Morgan fingerprint density at radius 2 is 2.08 bits per heavy atom. The third-order valence-corrected chi connectivity index (χ3v) is 2.37. The second kappa shape index (κ2) is 11.3. The number of thioether (sulfide) groups is 1. The minimum absolute atomic E-state index is 0.839. The molecule has 0 aromatic heterocycles. The van der Waals surface area contributed by atoms with Gasteiger partial charge in [-0.25, -0.2) is 0 Å². The molecule has 0 aromatic carbocycles. The lowest BCUT2D eigenvalue weighted by Gasteiger charge is -2.03. The van der Waals surface area contributed by atoms with Gasteiger partial charge in [-0.15, -0.1) is 0 Å². The fourth-order valence-electron chi connectivity index (χ4n) is 0.857. The summed E-state index contributed by atoms with van der Waals surface area (Å²) in [5.74, 6) is 2.45. The van der Waals surface area contributed by atoms with Crippen LogP contribution < -0.4 is 5.32 Å². The summed E-state index contributed by atoms with van der Waals surface area (Å²) in [6.45, 7) is 8.18. The number of hydrogen-bond donors (Lipinski definition) is 1. The van der Waals surface area contributed by atoms with Crippen LogP contribution in [0.5, 0.6) is 0 Å². The molecule has 0 saturated carbocycles. The van der Waals surface area contributed by atoms with E-state index in [0.717, 1.165) is 32.7 Å². The topological polar surface area (TPSA) is 21.3 Å². The molecule has 0 fully saturated rings. The summed E-state index contributed by atoms with van der Waals surface area (Å²) in [4.78, 5) is 0. The van der Waals surface area contributed by atoms with E-state index in [1.165, 1.54) is 11.5 Å². The van der Waals surface area contributed by atoms with Gasteiger partial charge >= 0.3 is 0 Å². The van der Waals surface area contributed by atoms with Crippen molar-refractivity contribution in [3.05, 3.63) is 0 Å². The lowest BCUT2D eigenvalue weighted by atomic mass is 10.4. The Bertz CT molecular complexity index is 70.9. The van der Waals surface area contributed by atoms with Crippen molar-refractivity contribution in [2.75, 3.05) is 37.8 Å². The van der Waals surface area contributed by atoms with Crippen molar-refractivity contribution >= 4 is 11.8 Å². The molecule has 0 radical (unpaired) electrons. The molecular formula is C9H21NOS.